The van der Waals surface area contributed by atoms with Gasteiger partial charge in [0, 0.05) is 12.1 Å². The lowest BCUT2D eigenvalue weighted by Gasteiger charge is -2.34. The molecule has 168 valence electrons. The van der Waals surface area contributed by atoms with Crippen LogP contribution in [0.1, 0.15) is 98.3 Å². The summed E-state index contributed by atoms with van der Waals surface area (Å²) in [5.74, 6) is 1.53. The second-order valence-electron chi connectivity index (χ2n) is 9.21. The molecule has 0 spiro atoms. The van der Waals surface area contributed by atoms with E-state index in [1.807, 2.05) is 27.7 Å². The zero-order valence-corrected chi connectivity index (χ0v) is 18.9. The van der Waals surface area contributed by atoms with Gasteiger partial charge < -0.3 is 20.1 Å². The van der Waals surface area contributed by atoms with E-state index in [2.05, 4.69) is 10.6 Å². The van der Waals surface area contributed by atoms with Gasteiger partial charge in [0.2, 0.25) is 0 Å². The summed E-state index contributed by atoms with van der Waals surface area (Å²) >= 11 is 0. The Hall–Kier alpha value is -1.46. The molecule has 2 rings (SSSR count). The lowest BCUT2D eigenvalue weighted by atomic mass is 9.76. The third-order valence-electron chi connectivity index (χ3n) is 6.77. The van der Waals surface area contributed by atoms with Gasteiger partial charge >= 0.3 is 12.2 Å². The molecule has 2 atom stereocenters. The molecular weight excluding hydrogens is 368 g/mol. The van der Waals surface area contributed by atoms with Crippen LogP contribution in [0.25, 0.3) is 0 Å². The molecule has 0 aliphatic heterocycles. The highest BCUT2D eigenvalue weighted by Gasteiger charge is 2.28. The molecule has 29 heavy (non-hydrogen) atoms. The predicted molar refractivity (Wildman–Crippen MR) is 115 cm³/mol. The summed E-state index contributed by atoms with van der Waals surface area (Å²) in [6.45, 7) is 7.89. The molecule has 2 unspecified atom stereocenters. The van der Waals surface area contributed by atoms with Crippen LogP contribution < -0.4 is 10.6 Å². The van der Waals surface area contributed by atoms with Crippen LogP contribution in [0, 0.1) is 11.8 Å². The van der Waals surface area contributed by atoms with E-state index in [0.29, 0.717) is 0 Å². The van der Waals surface area contributed by atoms with Gasteiger partial charge in [-0.1, -0.05) is 13.8 Å². The summed E-state index contributed by atoms with van der Waals surface area (Å²) in [5, 5.41) is 6.07. The first-order valence-corrected chi connectivity index (χ1v) is 11.8. The monoisotopic (exact) mass is 410 g/mol. The van der Waals surface area contributed by atoms with E-state index in [1.54, 1.807) is 0 Å². The van der Waals surface area contributed by atoms with Crippen molar-refractivity contribution in [3.05, 3.63) is 0 Å². The smallest absolute Gasteiger partial charge is 0.407 e. The van der Waals surface area contributed by atoms with Crippen molar-refractivity contribution in [1.29, 1.82) is 0 Å². The van der Waals surface area contributed by atoms with Crippen molar-refractivity contribution in [3.8, 4) is 0 Å². The highest BCUT2D eigenvalue weighted by Crippen LogP contribution is 2.35. The maximum absolute atomic E-state index is 11.9. The van der Waals surface area contributed by atoms with Crippen LogP contribution in [0.2, 0.25) is 0 Å². The molecular formula is C23H42N2O4. The Morgan fingerprint density at radius 1 is 0.724 bits per heavy atom. The van der Waals surface area contributed by atoms with Crippen LogP contribution in [0.15, 0.2) is 0 Å². The average Bonchev–Trinajstić information content (AvgIpc) is 2.70. The molecule has 2 N–H and O–H groups in total. The Kier molecular flexibility index (Phi) is 10.1. The first kappa shape index (κ1) is 23.8. The third kappa shape index (κ3) is 8.83. The molecule has 0 radical (unpaired) electrons. The van der Waals surface area contributed by atoms with Crippen molar-refractivity contribution >= 4 is 12.2 Å². The van der Waals surface area contributed by atoms with Gasteiger partial charge in [-0.25, -0.2) is 9.59 Å². The molecule has 2 aliphatic rings. The lowest BCUT2D eigenvalue weighted by molar-refractivity contribution is 0.0969. The SMILES string of the molecule is CCC(C)OC(=O)NC1CCC(CC2CCC(NC(=O)OC(C)CC)CC2)CC1. The van der Waals surface area contributed by atoms with E-state index in [9.17, 15) is 9.59 Å². The van der Waals surface area contributed by atoms with Gasteiger partial charge in [0.15, 0.2) is 0 Å². The fourth-order valence-electron chi connectivity index (χ4n) is 4.49. The molecule has 6 nitrogen and oxygen atoms in total. The zero-order valence-electron chi connectivity index (χ0n) is 18.9. The van der Waals surface area contributed by atoms with Crippen LogP contribution >= 0.6 is 0 Å². The predicted octanol–water partition coefficient (Wildman–Crippen LogP) is 5.54. The molecule has 2 aliphatic carbocycles. The van der Waals surface area contributed by atoms with Crippen molar-refractivity contribution in [2.24, 2.45) is 11.8 Å². The van der Waals surface area contributed by atoms with Crippen molar-refractivity contribution in [2.75, 3.05) is 0 Å². The summed E-state index contributed by atoms with van der Waals surface area (Å²) in [4.78, 5) is 23.8. The number of hydrogen-bond donors (Lipinski definition) is 2. The van der Waals surface area contributed by atoms with E-state index in [1.165, 1.54) is 32.1 Å². The molecule has 0 aromatic carbocycles. The van der Waals surface area contributed by atoms with Crippen LogP contribution in [-0.2, 0) is 9.47 Å². The third-order valence-corrected chi connectivity index (χ3v) is 6.77. The molecule has 0 heterocycles. The fraction of sp³-hybridized carbons (Fsp3) is 0.913. The van der Waals surface area contributed by atoms with E-state index < -0.39 is 0 Å². The van der Waals surface area contributed by atoms with Crippen molar-refractivity contribution in [1.82, 2.24) is 10.6 Å². The normalized spacial score (nSPS) is 29.4. The van der Waals surface area contributed by atoms with E-state index in [0.717, 1.165) is 50.4 Å². The first-order chi connectivity index (χ1) is 13.9. The van der Waals surface area contributed by atoms with Crippen LogP contribution in [0.3, 0.4) is 0 Å². The lowest BCUT2D eigenvalue weighted by Crippen LogP contribution is -2.40. The molecule has 0 aromatic heterocycles. The largest absolute Gasteiger partial charge is 0.447 e. The highest BCUT2D eigenvalue weighted by atomic mass is 16.6. The summed E-state index contributed by atoms with van der Waals surface area (Å²) in [5.41, 5.74) is 0. The van der Waals surface area contributed by atoms with Gasteiger partial charge in [-0.15, -0.1) is 0 Å². The summed E-state index contributed by atoms with van der Waals surface area (Å²) in [6, 6.07) is 0.526. The number of amides is 2. The van der Waals surface area contributed by atoms with E-state index in [-0.39, 0.29) is 36.5 Å². The quantitative estimate of drug-likeness (QED) is 0.550. The van der Waals surface area contributed by atoms with Crippen LogP contribution in [-0.4, -0.2) is 36.5 Å². The van der Waals surface area contributed by atoms with Gasteiger partial charge in [0.1, 0.15) is 12.2 Å². The topological polar surface area (TPSA) is 76.7 Å². The molecule has 6 heteroatoms. The van der Waals surface area contributed by atoms with Gasteiger partial charge in [0.25, 0.3) is 0 Å². The number of alkyl carbamates (subject to hydrolysis) is 2. The average molecular weight is 411 g/mol. The second kappa shape index (κ2) is 12.3. The molecule has 0 saturated heterocycles. The summed E-state index contributed by atoms with van der Waals surface area (Å²) in [6.07, 6.45) is 11.4. The zero-order chi connectivity index (χ0) is 21.2. The van der Waals surface area contributed by atoms with Gasteiger partial charge in [0.05, 0.1) is 0 Å². The summed E-state index contributed by atoms with van der Waals surface area (Å²) in [7, 11) is 0. The van der Waals surface area contributed by atoms with E-state index >= 15 is 0 Å². The van der Waals surface area contributed by atoms with Gasteiger partial charge in [-0.3, -0.25) is 0 Å². The Morgan fingerprint density at radius 3 is 1.38 bits per heavy atom. The molecule has 0 bridgehead atoms. The number of carbonyl (C=O) groups is 2. The molecule has 2 fully saturated rings. The summed E-state index contributed by atoms with van der Waals surface area (Å²) < 4.78 is 10.7. The minimum Gasteiger partial charge on any atom is -0.447 e. The van der Waals surface area contributed by atoms with Crippen molar-refractivity contribution in [3.63, 3.8) is 0 Å². The highest BCUT2D eigenvalue weighted by molar-refractivity contribution is 5.68. The number of hydrogen-bond acceptors (Lipinski definition) is 4. The maximum atomic E-state index is 11.9. The molecule has 2 amide bonds. The van der Waals surface area contributed by atoms with E-state index in [4.69, 9.17) is 9.47 Å². The fourth-order valence-corrected chi connectivity index (χ4v) is 4.49. The Morgan fingerprint density at radius 2 is 1.07 bits per heavy atom. The molecule has 2 saturated carbocycles. The minimum absolute atomic E-state index is 0.0205. The Bertz CT molecular complexity index is 453. The van der Waals surface area contributed by atoms with Crippen LogP contribution in [0.4, 0.5) is 9.59 Å². The minimum atomic E-state index is -0.263. The Labute approximate surface area is 176 Å². The number of carbonyl (C=O) groups excluding carboxylic acids is 2. The van der Waals surface area contributed by atoms with Crippen molar-refractivity contribution in [2.45, 2.75) is 123 Å². The number of nitrogens with one attached hydrogen (secondary N) is 2. The first-order valence-electron chi connectivity index (χ1n) is 11.8. The van der Waals surface area contributed by atoms with Crippen molar-refractivity contribution < 1.29 is 19.1 Å². The van der Waals surface area contributed by atoms with Gasteiger partial charge in [-0.2, -0.15) is 0 Å². The maximum Gasteiger partial charge on any atom is 0.407 e. The standard InChI is InChI=1S/C23H42N2O4/c1-5-16(3)28-22(26)24-20-11-7-18(8-12-20)15-19-9-13-21(14-10-19)25-23(27)29-17(4)6-2/h16-21H,5-15H2,1-4H3,(H,24,26)(H,25,27). The second-order valence-corrected chi connectivity index (χ2v) is 9.21. The molecule has 0 aromatic rings. The number of rotatable bonds is 8. The van der Waals surface area contributed by atoms with Gasteiger partial charge in [-0.05, 0) is 96.3 Å². The van der Waals surface area contributed by atoms with Crippen LogP contribution in [0.5, 0.6) is 0 Å². The Balaban J connectivity index is 1.59. The number of ether oxygens (including phenoxy) is 2.